The summed E-state index contributed by atoms with van der Waals surface area (Å²) in [5.41, 5.74) is 1.08. The highest BCUT2D eigenvalue weighted by Crippen LogP contribution is 2.23. The first-order chi connectivity index (χ1) is 9.29. The zero-order chi connectivity index (χ0) is 13.9. The lowest BCUT2D eigenvalue weighted by molar-refractivity contribution is -0.145. The molecule has 0 aliphatic rings. The molecule has 0 aliphatic carbocycles. The van der Waals surface area contributed by atoms with Crippen molar-refractivity contribution in [2.24, 2.45) is 0 Å². The van der Waals surface area contributed by atoms with Crippen LogP contribution in [0.3, 0.4) is 0 Å². The Bertz CT molecular complexity index is 346. The van der Waals surface area contributed by atoms with Crippen LogP contribution < -0.4 is 0 Å². The Morgan fingerprint density at radius 1 is 1.05 bits per heavy atom. The van der Waals surface area contributed by atoms with Crippen molar-refractivity contribution in [1.29, 1.82) is 0 Å². The first-order valence-electron chi connectivity index (χ1n) is 7.51. The molecular formula is C17H26O2. The molecule has 0 bridgehead atoms. The monoisotopic (exact) mass is 262 g/mol. The summed E-state index contributed by atoms with van der Waals surface area (Å²) in [5.74, 6) is -0.154. The van der Waals surface area contributed by atoms with Crippen LogP contribution in [0.25, 0.3) is 0 Å². The summed E-state index contributed by atoms with van der Waals surface area (Å²) in [6.45, 7) is 4.85. The predicted octanol–water partition coefficient (Wildman–Crippen LogP) is 4.69. The average Bonchev–Trinajstić information content (AvgIpc) is 2.45. The molecule has 0 saturated heterocycles. The van der Waals surface area contributed by atoms with Crippen LogP contribution >= 0.6 is 0 Å². The molecule has 1 aromatic carbocycles. The smallest absolute Gasteiger partial charge is 0.313 e. The second kappa shape index (κ2) is 9.60. The van der Waals surface area contributed by atoms with Crippen molar-refractivity contribution in [3.8, 4) is 0 Å². The van der Waals surface area contributed by atoms with Gasteiger partial charge in [-0.05, 0) is 18.4 Å². The van der Waals surface area contributed by atoms with Crippen LogP contribution in [-0.4, -0.2) is 12.6 Å². The molecule has 2 heteroatoms. The molecule has 0 heterocycles. The number of hydrogen-bond donors (Lipinski definition) is 0. The highest BCUT2D eigenvalue weighted by Gasteiger charge is 2.21. The van der Waals surface area contributed by atoms with Crippen molar-refractivity contribution in [3.63, 3.8) is 0 Å². The van der Waals surface area contributed by atoms with Crippen LogP contribution in [-0.2, 0) is 9.53 Å². The van der Waals surface area contributed by atoms with E-state index in [0.29, 0.717) is 6.61 Å². The zero-order valence-corrected chi connectivity index (χ0v) is 12.2. The topological polar surface area (TPSA) is 26.3 Å². The number of hydrogen-bond acceptors (Lipinski definition) is 2. The molecule has 1 rings (SSSR count). The van der Waals surface area contributed by atoms with Gasteiger partial charge in [-0.1, -0.05) is 69.9 Å². The van der Waals surface area contributed by atoms with Gasteiger partial charge in [0.2, 0.25) is 0 Å². The first kappa shape index (κ1) is 15.7. The molecule has 2 nitrogen and oxygen atoms in total. The maximum atomic E-state index is 12.2. The Kier molecular flexibility index (Phi) is 7.95. The van der Waals surface area contributed by atoms with Crippen LogP contribution in [0.4, 0.5) is 0 Å². The van der Waals surface area contributed by atoms with Crippen molar-refractivity contribution < 1.29 is 9.53 Å². The summed E-state index contributed by atoms with van der Waals surface area (Å²) >= 11 is 0. The normalized spacial score (nSPS) is 12.1. The molecule has 0 aromatic heterocycles. The number of ether oxygens (including phenoxy) is 1. The quantitative estimate of drug-likeness (QED) is 0.476. The summed E-state index contributed by atoms with van der Waals surface area (Å²) in [7, 11) is 0. The number of benzene rings is 1. The van der Waals surface area contributed by atoms with Gasteiger partial charge in [0.1, 0.15) is 0 Å². The maximum absolute atomic E-state index is 12.2. The minimum absolute atomic E-state index is 0.0595. The zero-order valence-electron chi connectivity index (χ0n) is 12.2. The predicted molar refractivity (Wildman–Crippen MR) is 79.2 cm³/mol. The Hall–Kier alpha value is -1.31. The lowest BCUT2D eigenvalue weighted by Crippen LogP contribution is -2.16. The fraction of sp³-hybridized carbons (Fsp3) is 0.588. The summed E-state index contributed by atoms with van der Waals surface area (Å²) < 4.78 is 5.42. The van der Waals surface area contributed by atoms with E-state index in [1.807, 2.05) is 30.3 Å². The Morgan fingerprint density at radius 3 is 2.37 bits per heavy atom. The largest absolute Gasteiger partial charge is 0.465 e. The average molecular weight is 262 g/mol. The lowest BCUT2D eigenvalue weighted by Gasteiger charge is -2.16. The summed E-state index contributed by atoms with van der Waals surface area (Å²) in [4.78, 5) is 12.2. The molecule has 0 radical (unpaired) electrons. The second-order valence-corrected chi connectivity index (χ2v) is 4.98. The molecule has 0 N–H and O–H groups in total. The third-order valence-corrected chi connectivity index (χ3v) is 3.33. The molecule has 1 atom stereocenters. The van der Waals surface area contributed by atoms with E-state index in [4.69, 9.17) is 4.74 Å². The number of carbonyl (C=O) groups is 1. The second-order valence-electron chi connectivity index (χ2n) is 4.98. The van der Waals surface area contributed by atoms with Gasteiger partial charge in [0.25, 0.3) is 0 Å². The molecule has 106 valence electrons. The molecule has 0 saturated carbocycles. The third-order valence-electron chi connectivity index (χ3n) is 3.33. The van der Waals surface area contributed by atoms with Gasteiger partial charge < -0.3 is 4.74 Å². The molecule has 0 fully saturated rings. The highest BCUT2D eigenvalue weighted by molar-refractivity contribution is 5.78. The van der Waals surface area contributed by atoms with Gasteiger partial charge in [-0.2, -0.15) is 0 Å². The van der Waals surface area contributed by atoms with Gasteiger partial charge in [0.15, 0.2) is 0 Å². The number of rotatable bonds is 9. The van der Waals surface area contributed by atoms with E-state index < -0.39 is 0 Å². The van der Waals surface area contributed by atoms with E-state index in [1.165, 1.54) is 0 Å². The van der Waals surface area contributed by atoms with Gasteiger partial charge in [-0.15, -0.1) is 0 Å². The van der Waals surface area contributed by atoms with Crippen molar-refractivity contribution in [1.82, 2.24) is 0 Å². The molecule has 0 amide bonds. The van der Waals surface area contributed by atoms with Crippen LogP contribution in [0.15, 0.2) is 30.3 Å². The maximum Gasteiger partial charge on any atom is 0.313 e. The Morgan fingerprint density at radius 2 is 1.74 bits per heavy atom. The standard InChI is InChI=1S/C17H26O2/c1-3-5-10-14-19-17(18)16(13-6-4-2)15-11-8-7-9-12-15/h7-9,11-12,16H,3-6,10,13-14H2,1-2H3. The summed E-state index contributed by atoms with van der Waals surface area (Å²) in [6, 6.07) is 9.99. The fourth-order valence-electron chi connectivity index (χ4n) is 2.14. The van der Waals surface area contributed by atoms with E-state index in [0.717, 1.165) is 44.1 Å². The lowest BCUT2D eigenvalue weighted by atomic mass is 9.94. The first-order valence-corrected chi connectivity index (χ1v) is 7.51. The molecule has 0 spiro atoms. The number of unbranched alkanes of at least 4 members (excludes halogenated alkanes) is 3. The van der Waals surface area contributed by atoms with Gasteiger partial charge in [0.05, 0.1) is 12.5 Å². The molecule has 1 aromatic rings. The minimum atomic E-state index is -0.0947. The molecule has 0 aliphatic heterocycles. The summed E-state index contributed by atoms with van der Waals surface area (Å²) in [5, 5.41) is 0. The molecular weight excluding hydrogens is 236 g/mol. The molecule has 19 heavy (non-hydrogen) atoms. The van der Waals surface area contributed by atoms with E-state index in [1.54, 1.807) is 0 Å². The third kappa shape index (κ3) is 5.91. The van der Waals surface area contributed by atoms with Gasteiger partial charge in [0, 0.05) is 0 Å². The Balaban J connectivity index is 2.55. The van der Waals surface area contributed by atoms with Crippen LogP contribution in [0.5, 0.6) is 0 Å². The van der Waals surface area contributed by atoms with Crippen LogP contribution in [0.1, 0.15) is 63.9 Å². The van der Waals surface area contributed by atoms with E-state index in [9.17, 15) is 4.79 Å². The van der Waals surface area contributed by atoms with E-state index in [2.05, 4.69) is 13.8 Å². The Labute approximate surface area is 117 Å². The fourth-order valence-corrected chi connectivity index (χ4v) is 2.14. The number of esters is 1. The van der Waals surface area contributed by atoms with Crippen LogP contribution in [0, 0.1) is 0 Å². The van der Waals surface area contributed by atoms with Crippen molar-refractivity contribution >= 4 is 5.97 Å². The summed E-state index contributed by atoms with van der Waals surface area (Å²) in [6.07, 6.45) is 6.29. The van der Waals surface area contributed by atoms with E-state index >= 15 is 0 Å². The number of carbonyl (C=O) groups excluding carboxylic acids is 1. The van der Waals surface area contributed by atoms with Gasteiger partial charge in [-0.3, -0.25) is 4.79 Å². The van der Waals surface area contributed by atoms with Crippen molar-refractivity contribution in [2.45, 2.75) is 58.3 Å². The molecule has 1 unspecified atom stereocenters. The van der Waals surface area contributed by atoms with Gasteiger partial charge >= 0.3 is 5.97 Å². The van der Waals surface area contributed by atoms with Crippen LogP contribution in [0.2, 0.25) is 0 Å². The van der Waals surface area contributed by atoms with Crippen molar-refractivity contribution in [2.75, 3.05) is 6.61 Å². The SMILES string of the molecule is CCCCCOC(=O)C(CCCC)c1ccccc1. The minimum Gasteiger partial charge on any atom is -0.465 e. The van der Waals surface area contributed by atoms with Gasteiger partial charge in [-0.25, -0.2) is 0 Å². The highest BCUT2D eigenvalue weighted by atomic mass is 16.5. The van der Waals surface area contributed by atoms with E-state index in [-0.39, 0.29) is 11.9 Å². The van der Waals surface area contributed by atoms with Crippen molar-refractivity contribution in [3.05, 3.63) is 35.9 Å².